The van der Waals surface area contributed by atoms with E-state index in [2.05, 4.69) is 5.32 Å². The van der Waals surface area contributed by atoms with Crippen molar-refractivity contribution in [2.24, 2.45) is 0 Å². The van der Waals surface area contributed by atoms with E-state index in [0.717, 1.165) is 5.56 Å². The Morgan fingerprint density at radius 3 is 2.50 bits per heavy atom. The predicted molar refractivity (Wildman–Crippen MR) is 87.0 cm³/mol. The van der Waals surface area contributed by atoms with E-state index in [4.69, 9.17) is 11.6 Å². The first-order valence-corrected chi connectivity index (χ1v) is 7.47. The van der Waals surface area contributed by atoms with Crippen LogP contribution < -0.4 is 10.2 Å². The molecule has 1 aliphatic rings. The summed E-state index contributed by atoms with van der Waals surface area (Å²) in [5.41, 5.74) is 0.772. The van der Waals surface area contributed by atoms with Crippen molar-refractivity contribution in [1.29, 1.82) is 0 Å². The molecule has 2 atom stereocenters. The monoisotopic (exact) mass is 316 g/mol. The highest BCUT2D eigenvalue weighted by Gasteiger charge is 2.48. The molecule has 2 aromatic rings. The Morgan fingerprint density at radius 2 is 1.82 bits per heavy atom. The topological polar surface area (TPSA) is 52.6 Å². The van der Waals surface area contributed by atoms with E-state index < -0.39 is 11.8 Å². The van der Waals surface area contributed by atoms with Gasteiger partial charge in [0.05, 0.1) is 16.2 Å². The van der Waals surface area contributed by atoms with E-state index >= 15 is 0 Å². The predicted octanol–water partition coefficient (Wildman–Crippen LogP) is 3.19. The number of urea groups is 1. The minimum absolute atomic E-state index is 0.348. The number of halogens is 1. The first-order chi connectivity index (χ1) is 10.5. The molecule has 0 bridgehead atoms. The van der Waals surface area contributed by atoms with Crippen molar-refractivity contribution >= 4 is 23.3 Å². The summed E-state index contributed by atoms with van der Waals surface area (Å²) >= 11 is 6.16. The molecule has 0 aliphatic carbocycles. The van der Waals surface area contributed by atoms with E-state index in [1.807, 2.05) is 37.3 Å². The molecule has 0 aromatic heterocycles. The van der Waals surface area contributed by atoms with Gasteiger partial charge in [0.2, 0.25) is 0 Å². The van der Waals surface area contributed by atoms with Gasteiger partial charge in [-0.2, -0.15) is 0 Å². The smallest absolute Gasteiger partial charge is 0.324 e. The molecular formula is C17H17ClN2O2. The summed E-state index contributed by atoms with van der Waals surface area (Å²) in [5, 5.41) is 14.0. The lowest BCUT2D eigenvalue weighted by Crippen LogP contribution is -2.49. The van der Waals surface area contributed by atoms with Crippen molar-refractivity contribution in [3.8, 4) is 0 Å². The molecule has 1 saturated heterocycles. The van der Waals surface area contributed by atoms with Gasteiger partial charge in [0.25, 0.3) is 0 Å². The van der Waals surface area contributed by atoms with Gasteiger partial charge in [0.1, 0.15) is 0 Å². The summed E-state index contributed by atoms with van der Waals surface area (Å²) in [6.45, 7) is 1.83. The van der Waals surface area contributed by atoms with Crippen LogP contribution >= 0.6 is 11.6 Å². The number of carbonyl (C=O) groups is 1. The van der Waals surface area contributed by atoms with E-state index in [1.165, 1.54) is 4.90 Å². The lowest BCUT2D eigenvalue weighted by Gasteiger charge is -2.30. The maximum Gasteiger partial charge on any atom is 0.324 e. The molecule has 2 unspecified atom stereocenters. The number of rotatable bonds is 3. The van der Waals surface area contributed by atoms with E-state index in [1.54, 1.807) is 24.3 Å². The first kappa shape index (κ1) is 14.9. The van der Waals surface area contributed by atoms with Crippen molar-refractivity contribution in [2.75, 3.05) is 4.90 Å². The van der Waals surface area contributed by atoms with Crippen LogP contribution in [0.25, 0.3) is 0 Å². The summed E-state index contributed by atoms with van der Waals surface area (Å²) < 4.78 is 0. The normalized spacial score (nSPS) is 24.4. The average Bonchev–Trinajstić information content (AvgIpc) is 2.71. The SMILES string of the molecule is CC1(Cc2ccccc2)NC(=O)N(c2ccccc2Cl)C1O. The zero-order chi connectivity index (χ0) is 15.7. The van der Waals surface area contributed by atoms with Crippen LogP contribution in [0.3, 0.4) is 0 Å². The Labute approximate surface area is 134 Å². The number of hydrogen-bond acceptors (Lipinski definition) is 2. The number of para-hydroxylation sites is 1. The highest BCUT2D eigenvalue weighted by atomic mass is 35.5. The van der Waals surface area contributed by atoms with Gasteiger partial charge < -0.3 is 10.4 Å². The quantitative estimate of drug-likeness (QED) is 0.913. The first-order valence-electron chi connectivity index (χ1n) is 7.09. The minimum Gasteiger partial charge on any atom is -0.371 e. The Morgan fingerprint density at radius 1 is 1.18 bits per heavy atom. The standard InChI is InChI=1S/C17H17ClN2O2/c1-17(11-12-7-3-2-4-8-12)15(21)20(16(22)19-17)14-10-6-5-9-13(14)18/h2-10,15,21H,11H2,1H3,(H,19,22). The highest BCUT2D eigenvalue weighted by Crippen LogP contribution is 2.34. The largest absolute Gasteiger partial charge is 0.371 e. The number of amides is 2. The van der Waals surface area contributed by atoms with E-state index in [0.29, 0.717) is 17.1 Å². The molecule has 2 aromatic carbocycles. The van der Waals surface area contributed by atoms with Gasteiger partial charge in [-0.05, 0) is 31.0 Å². The summed E-state index contributed by atoms with van der Waals surface area (Å²) in [7, 11) is 0. The molecule has 0 saturated carbocycles. The molecule has 1 fully saturated rings. The van der Waals surface area contributed by atoms with Gasteiger partial charge in [0, 0.05) is 0 Å². The summed E-state index contributed by atoms with van der Waals surface area (Å²) in [6.07, 6.45) is -0.470. The Balaban J connectivity index is 1.91. The number of benzene rings is 2. The fraction of sp³-hybridized carbons (Fsp3) is 0.235. The Bertz CT molecular complexity index is 692. The molecular weight excluding hydrogens is 300 g/mol. The third-order valence-electron chi connectivity index (χ3n) is 3.95. The van der Waals surface area contributed by atoms with E-state index in [9.17, 15) is 9.90 Å². The van der Waals surface area contributed by atoms with Gasteiger partial charge in [-0.3, -0.25) is 4.90 Å². The lowest BCUT2D eigenvalue weighted by atomic mass is 9.92. The fourth-order valence-electron chi connectivity index (χ4n) is 2.81. The average molecular weight is 317 g/mol. The third-order valence-corrected chi connectivity index (χ3v) is 4.27. The zero-order valence-corrected chi connectivity index (χ0v) is 12.9. The van der Waals surface area contributed by atoms with Crippen LogP contribution in [0, 0.1) is 0 Å². The van der Waals surface area contributed by atoms with Gasteiger partial charge in [-0.15, -0.1) is 0 Å². The summed E-state index contributed by atoms with van der Waals surface area (Å²) in [5.74, 6) is 0. The Kier molecular flexibility index (Phi) is 3.81. The van der Waals surface area contributed by atoms with Crippen molar-refractivity contribution < 1.29 is 9.90 Å². The van der Waals surface area contributed by atoms with Crippen molar-refractivity contribution in [3.63, 3.8) is 0 Å². The zero-order valence-electron chi connectivity index (χ0n) is 12.2. The lowest BCUT2D eigenvalue weighted by molar-refractivity contribution is 0.109. The van der Waals surface area contributed by atoms with Crippen LogP contribution in [0.1, 0.15) is 12.5 Å². The molecule has 4 nitrogen and oxygen atoms in total. The number of nitrogens with zero attached hydrogens (tertiary/aromatic N) is 1. The number of nitrogens with one attached hydrogen (secondary N) is 1. The second-order valence-electron chi connectivity index (χ2n) is 5.71. The van der Waals surface area contributed by atoms with Crippen LogP contribution in [-0.4, -0.2) is 22.9 Å². The van der Waals surface area contributed by atoms with Crippen LogP contribution in [-0.2, 0) is 6.42 Å². The minimum atomic E-state index is -1.000. The number of anilines is 1. The summed E-state index contributed by atoms with van der Waals surface area (Å²) in [4.78, 5) is 13.7. The van der Waals surface area contributed by atoms with Crippen molar-refractivity contribution in [2.45, 2.75) is 25.1 Å². The van der Waals surface area contributed by atoms with Gasteiger partial charge in [-0.1, -0.05) is 54.1 Å². The number of aliphatic hydroxyl groups is 1. The second-order valence-corrected chi connectivity index (χ2v) is 6.11. The van der Waals surface area contributed by atoms with Crippen LogP contribution in [0.5, 0.6) is 0 Å². The molecule has 22 heavy (non-hydrogen) atoms. The van der Waals surface area contributed by atoms with Crippen LogP contribution in [0.4, 0.5) is 10.5 Å². The number of aliphatic hydroxyl groups excluding tert-OH is 1. The van der Waals surface area contributed by atoms with Gasteiger partial charge >= 0.3 is 6.03 Å². The maximum absolute atomic E-state index is 12.3. The number of hydrogen-bond donors (Lipinski definition) is 2. The molecule has 2 N–H and O–H groups in total. The third kappa shape index (κ3) is 2.56. The molecule has 2 amide bonds. The number of carbonyl (C=O) groups excluding carboxylic acids is 1. The second kappa shape index (κ2) is 5.63. The molecule has 1 aliphatic heterocycles. The van der Waals surface area contributed by atoms with E-state index in [-0.39, 0.29) is 6.03 Å². The van der Waals surface area contributed by atoms with Crippen LogP contribution in [0.2, 0.25) is 5.02 Å². The molecule has 0 spiro atoms. The van der Waals surface area contributed by atoms with Crippen molar-refractivity contribution in [1.82, 2.24) is 5.32 Å². The highest BCUT2D eigenvalue weighted by molar-refractivity contribution is 6.33. The molecule has 1 heterocycles. The Hall–Kier alpha value is -2.04. The van der Waals surface area contributed by atoms with Gasteiger partial charge in [-0.25, -0.2) is 4.79 Å². The van der Waals surface area contributed by atoms with Crippen LogP contribution in [0.15, 0.2) is 54.6 Å². The van der Waals surface area contributed by atoms with Crippen molar-refractivity contribution in [3.05, 3.63) is 65.2 Å². The molecule has 3 rings (SSSR count). The maximum atomic E-state index is 12.3. The van der Waals surface area contributed by atoms with Gasteiger partial charge in [0.15, 0.2) is 6.23 Å². The fourth-order valence-corrected chi connectivity index (χ4v) is 3.04. The molecule has 0 radical (unpaired) electrons. The molecule has 114 valence electrons. The molecule has 5 heteroatoms. The summed E-state index contributed by atoms with van der Waals surface area (Å²) in [6, 6.07) is 16.4.